The molecule has 0 aliphatic heterocycles. The third kappa shape index (κ3) is 10.1. The third-order valence-electron chi connectivity index (χ3n) is 7.00. The maximum absolute atomic E-state index is 10.9. The van der Waals surface area contributed by atoms with Gasteiger partial charge >= 0.3 is 5.97 Å². The molecule has 4 rings (SSSR count). The highest BCUT2D eigenvalue weighted by atomic mass is 16.5. The molecule has 0 saturated heterocycles. The van der Waals surface area contributed by atoms with Gasteiger partial charge in [-0.3, -0.25) is 9.69 Å². The van der Waals surface area contributed by atoms with E-state index in [2.05, 4.69) is 102 Å². The number of ether oxygens (including phenoxy) is 1. The van der Waals surface area contributed by atoms with E-state index in [1.54, 1.807) is 0 Å². The molecule has 4 heteroatoms. The van der Waals surface area contributed by atoms with Crippen LogP contribution in [0.4, 0.5) is 0 Å². The van der Waals surface area contributed by atoms with E-state index in [0.717, 1.165) is 56.6 Å². The fourth-order valence-corrected chi connectivity index (χ4v) is 4.75. The lowest BCUT2D eigenvalue weighted by molar-refractivity contribution is -0.137. The summed E-state index contributed by atoms with van der Waals surface area (Å²) >= 11 is 0. The van der Waals surface area contributed by atoms with E-state index < -0.39 is 5.97 Å². The Morgan fingerprint density at radius 3 is 1.90 bits per heavy atom. The first kappa shape index (κ1) is 28.1. The number of carboxylic acids is 1. The number of nitrogens with zero attached hydrogens (tertiary/aromatic N) is 1. The molecule has 4 aromatic rings. The summed E-state index contributed by atoms with van der Waals surface area (Å²) in [6.45, 7) is 3.16. The summed E-state index contributed by atoms with van der Waals surface area (Å²) in [4.78, 5) is 13.3. The van der Waals surface area contributed by atoms with Gasteiger partial charge in [0.05, 0.1) is 0 Å². The SMILES string of the molecule is O=C(O)CCCCN(CCc1ccccc1OCc1ccc(CCc2ccccc2)cc1)Cc1ccccc1. The number of rotatable bonds is 16. The van der Waals surface area contributed by atoms with Crippen molar-refractivity contribution in [3.05, 3.63) is 137 Å². The first-order valence-corrected chi connectivity index (χ1v) is 14.0. The van der Waals surface area contributed by atoms with Crippen LogP contribution in [0.15, 0.2) is 109 Å². The van der Waals surface area contributed by atoms with Gasteiger partial charge in [0, 0.05) is 19.5 Å². The zero-order valence-corrected chi connectivity index (χ0v) is 22.7. The lowest BCUT2D eigenvalue weighted by Gasteiger charge is -2.23. The van der Waals surface area contributed by atoms with Gasteiger partial charge in [0.15, 0.2) is 0 Å². The molecule has 1 N–H and O–H groups in total. The topological polar surface area (TPSA) is 49.8 Å². The molecule has 4 aromatic carbocycles. The molecule has 202 valence electrons. The van der Waals surface area contributed by atoms with Gasteiger partial charge in [0.1, 0.15) is 12.4 Å². The number of hydrogen-bond acceptors (Lipinski definition) is 3. The molecule has 0 atom stereocenters. The molecular weight excluding hydrogens is 482 g/mol. The van der Waals surface area contributed by atoms with Gasteiger partial charge in [0.2, 0.25) is 0 Å². The molecule has 0 fully saturated rings. The summed E-state index contributed by atoms with van der Waals surface area (Å²) in [5.74, 6) is 0.203. The van der Waals surface area contributed by atoms with E-state index in [9.17, 15) is 4.79 Å². The smallest absolute Gasteiger partial charge is 0.303 e. The predicted molar refractivity (Wildman–Crippen MR) is 158 cm³/mol. The minimum Gasteiger partial charge on any atom is -0.489 e. The van der Waals surface area contributed by atoms with Crippen molar-refractivity contribution in [2.75, 3.05) is 13.1 Å². The third-order valence-corrected chi connectivity index (χ3v) is 7.00. The summed E-state index contributed by atoms with van der Waals surface area (Å²) in [5.41, 5.74) is 6.33. The van der Waals surface area contributed by atoms with Crippen molar-refractivity contribution in [3.63, 3.8) is 0 Å². The number of aryl methyl sites for hydroxylation is 2. The van der Waals surface area contributed by atoms with Crippen molar-refractivity contribution in [1.82, 2.24) is 4.90 Å². The first-order chi connectivity index (χ1) is 19.2. The Morgan fingerprint density at radius 2 is 1.21 bits per heavy atom. The molecule has 0 amide bonds. The zero-order chi connectivity index (χ0) is 27.1. The highest BCUT2D eigenvalue weighted by Gasteiger charge is 2.10. The average molecular weight is 522 g/mol. The summed E-state index contributed by atoms with van der Waals surface area (Å²) in [6, 6.07) is 38.1. The lowest BCUT2D eigenvalue weighted by Crippen LogP contribution is -2.27. The zero-order valence-electron chi connectivity index (χ0n) is 22.7. The molecule has 0 unspecified atom stereocenters. The number of para-hydroxylation sites is 1. The number of aliphatic carboxylic acids is 1. The standard InChI is InChI=1S/C35H39NO3/c37-35(38)17-9-10-25-36(27-31-13-5-2-6-14-31)26-24-33-15-7-8-16-34(33)39-28-32-22-20-30(21-23-32)19-18-29-11-3-1-4-12-29/h1-8,11-16,20-23H,9-10,17-19,24-28H2,(H,37,38). The van der Waals surface area contributed by atoms with Crippen molar-refractivity contribution in [2.24, 2.45) is 0 Å². The van der Waals surface area contributed by atoms with E-state index in [0.29, 0.717) is 13.0 Å². The molecule has 0 radical (unpaired) electrons. The lowest BCUT2D eigenvalue weighted by atomic mass is 10.0. The predicted octanol–water partition coefficient (Wildman–Crippen LogP) is 7.35. The second-order valence-corrected chi connectivity index (χ2v) is 10.1. The van der Waals surface area contributed by atoms with Gasteiger partial charge in [0.25, 0.3) is 0 Å². The van der Waals surface area contributed by atoms with Crippen molar-refractivity contribution in [3.8, 4) is 5.75 Å². The van der Waals surface area contributed by atoms with Gasteiger partial charge in [-0.1, -0.05) is 103 Å². The van der Waals surface area contributed by atoms with Crippen LogP contribution in [0.2, 0.25) is 0 Å². The molecule has 0 aromatic heterocycles. The highest BCUT2D eigenvalue weighted by Crippen LogP contribution is 2.21. The van der Waals surface area contributed by atoms with Crippen molar-refractivity contribution in [2.45, 2.75) is 51.7 Å². The maximum Gasteiger partial charge on any atom is 0.303 e. The van der Waals surface area contributed by atoms with Crippen LogP contribution in [0.1, 0.15) is 47.1 Å². The molecule has 39 heavy (non-hydrogen) atoms. The highest BCUT2D eigenvalue weighted by molar-refractivity contribution is 5.66. The molecule has 0 aliphatic carbocycles. The number of carboxylic acid groups (broad SMARTS) is 1. The molecule has 0 heterocycles. The van der Waals surface area contributed by atoms with Gasteiger partial charge in [-0.25, -0.2) is 0 Å². The summed E-state index contributed by atoms with van der Waals surface area (Å²) in [7, 11) is 0. The largest absolute Gasteiger partial charge is 0.489 e. The van der Waals surface area contributed by atoms with Crippen LogP contribution >= 0.6 is 0 Å². The second kappa shape index (κ2) is 15.5. The van der Waals surface area contributed by atoms with Crippen LogP contribution in [0.3, 0.4) is 0 Å². The van der Waals surface area contributed by atoms with Crippen LogP contribution in [-0.2, 0) is 37.2 Å². The Kier molecular flexibility index (Phi) is 11.2. The fraction of sp³-hybridized carbons (Fsp3) is 0.286. The van der Waals surface area contributed by atoms with Crippen LogP contribution in [0.25, 0.3) is 0 Å². The van der Waals surface area contributed by atoms with Crippen LogP contribution in [0.5, 0.6) is 5.75 Å². The van der Waals surface area contributed by atoms with E-state index in [1.165, 1.54) is 22.3 Å². The van der Waals surface area contributed by atoms with Gasteiger partial charge in [-0.2, -0.15) is 0 Å². The Bertz CT molecular complexity index is 1260. The fourth-order valence-electron chi connectivity index (χ4n) is 4.75. The van der Waals surface area contributed by atoms with Crippen LogP contribution in [-0.4, -0.2) is 29.1 Å². The molecule has 0 spiro atoms. The number of hydrogen-bond donors (Lipinski definition) is 1. The van der Waals surface area contributed by atoms with Gasteiger partial charge < -0.3 is 9.84 Å². The summed E-state index contributed by atoms with van der Waals surface area (Å²) < 4.78 is 6.28. The Hall–Kier alpha value is -3.89. The minimum absolute atomic E-state index is 0.226. The van der Waals surface area contributed by atoms with Gasteiger partial charge in [-0.15, -0.1) is 0 Å². The maximum atomic E-state index is 10.9. The Balaban J connectivity index is 1.30. The van der Waals surface area contributed by atoms with E-state index in [4.69, 9.17) is 9.84 Å². The second-order valence-electron chi connectivity index (χ2n) is 10.1. The Labute approximate surface area is 232 Å². The molecule has 4 nitrogen and oxygen atoms in total. The molecule has 0 bridgehead atoms. The first-order valence-electron chi connectivity index (χ1n) is 14.0. The summed E-state index contributed by atoms with van der Waals surface area (Å²) in [5, 5.41) is 8.98. The van der Waals surface area contributed by atoms with E-state index >= 15 is 0 Å². The Morgan fingerprint density at radius 1 is 0.615 bits per heavy atom. The van der Waals surface area contributed by atoms with E-state index in [-0.39, 0.29) is 6.42 Å². The normalized spacial score (nSPS) is 11.0. The van der Waals surface area contributed by atoms with Crippen LogP contribution < -0.4 is 4.74 Å². The van der Waals surface area contributed by atoms with Crippen molar-refractivity contribution >= 4 is 5.97 Å². The van der Waals surface area contributed by atoms with Crippen molar-refractivity contribution in [1.29, 1.82) is 0 Å². The number of carbonyl (C=O) groups is 1. The van der Waals surface area contributed by atoms with Crippen LogP contribution in [0, 0.1) is 0 Å². The summed E-state index contributed by atoms with van der Waals surface area (Å²) in [6.07, 6.45) is 4.75. The number of benzene rings is 4. The van der Waals surface area contributed by atoms with Gasteiger partial charge in [-0.05, 0) is 72.5 Å². The molecular formula is C35H39NO3. The minimum atomic E-state index is -0.725. The van der Waals surface area contributed by atoms with Crippen molar-refractivity contribution < 1.29 is 14.6 Å². The molecule has 0 saturated carbocycles. The molecule has 0 aliphatic rings. The monoisotopic (exact) mass is 521 g/mol. The quantitative estimate of drug-likeness (QED) is 0.157. The van der Waals surface area contributed by atoms with E-state index in [1.807, 2.05) is 12.1 Å². The average Bonchev–Trinajstić information content (AvgIpc) is 2.97. The number of unbranched alkanes of at least 4 members (excludes halogenated alkanes) is 1.